The van der Waals surface area contributed by atoms with E-state index in [1.54, 1.807) is 29.7 Å². The fourth-order valence-corrected chi connectivity index (χ4v) is 1.94. The summed E-state index contributed by atoms with van der Waals surface area (Å²) in [4.78, 5) is 22.5. The quantitative estimate of drug-likeness (QED) is 0.855. The molecule has 0 radical (unpaired) electrons. The standard InChI is InChI=1S/C16H19N3O/c1-16(2,3)10-15(20)19(13-6-4-8-17-11-13)14-7-5-9-18-12-14/h4-9,11-12H,10H2,1-3H3. The molecule has 0 aliphatic rings. The maximum atomic E-state index is 12.6. The molecule has 0 spiro atoms. The van der Waals surface area contributed by atoms with Crippen LogP contribution in [-0.4, -0.2) is 15.9 Å². The summed E-state index contributed by atoms with van der Waals surface area (Å²) >= 11 is 0. The largest absolute Gasteiger partial charge is 0.278 e. The number of carbonyl (C=O) groups is 1. The molecule has 0 fully saturated rings. The average molecular weight is 269 g/mol. The van der Waals surface area contributed by atoms with Crippen LogP contribution in [0.1, 0.15) is 27.2 Å². The first-order valence-electron chi connectivity index (χ1n) is 6.60. The van der Waals surface area contributed by atoms with E-state index in [4.69, 9.17) is 0 Å². The number of aromatic nitrogens is 2. The molecule has 2 aromatic rings. The Labute approximate surface area is 119 Å². The van der Waals surface area contributed by atoms with Crippen LogP contribution in [0.15, 0.2) is 49.1 Å². The van der Waals surface area contributed by atoms with Crippen LogP contribution >= 0.6 is 0 Å². The third-order valence-electron chi connectivity index (χ3n) is 2.74. The molecule has 0 atom stereocenters. The highest BCUT2D eigenvalue weighted by molar-refractivity contribution is 6.00. The molecule has 0 unspecified atom stereocenters. The molecule has 0 aliphatic heterocycles. The second-order valence-corrected chi connectivity index (χ2v) is 5.89. The van der Waals surface area contributed by atoms with Crippen molar-refractivity contribution in [1.29, 1.82) is 0 Å². The van der Waals surface area contributed by atoms with Crippen LogP contribution in [0.3, 0.4) is 0 Å². The summed E-state index contributed by atoms with van der Waals surface area (Å²) < 4.78 is 0. The lowest BCUT2D eigenvalue weighted by molar-refractivity contribution is -0.119. The Morgan fingerprint density at radius 3 is 1.90 bits per heavy atom. The van der Waals surface area contributed by atoms with Gasteiger partial charge in [-0.25, -0.2) is 0 Å². The predicted octanol–water partition coefficient (Wildman–Crippen LogP) is 3.58. The molecule has 4 heteroatoms. The van der Waals surface area contributed by atoms with Gasteiger partial charge in [-0.2, -0.15) is 0 Å². The molecule has 2 heterocycles. The molecule has 4 nitrogen and oxygen atoms in total. The highest BCUT2D eigenvalue weighted by Gasteiger charge is 2.23. The highest BCUT2D eigenvalue weighted by Crippen LogP contribution is 2.28. The zero-order valence-electron chi connectivity index (χ0n) is 12.1. The topological polar surface area (TPSA) is 46.1 Å². The van der Waals surface area contributed by atoms with Crippen molar-refractivity contribution in [3.8, 4) is 0 Å². The van der Waals surface area contributed by atoms with E-state index in [0.29, 0.717) is 6.42 Å². The zero-order valence-corrected chi connectivity index (χ0v) is 12.1. The third kappa shape index (κ3) is 3.63. The van der Waals surface area contributed by atoms with Crippen LogP contribution in [0.5, 0.6) is 0 Å². The summed E-state index contributed by atoms with van der Waals surface area (Å²) in [7, 11) is 0. The maximum absolute atomic E-state index is 12.6. The number of carbonyl (C=O) groups excluding carboxylic acids is 1. The molecule has 0 aromatic carbocycles. The van der Waals surface area contributed by atoms with E-state index >= 15 is 0 Å². The number of hydrogen-bond acceptors (Lipinski definition) is 3. The van der Waals surface area contributed by atoms with Gasteiger partial charge < -0.3 is 0 Å². The molecule has 1 amide bonds. The van der Waals surface area contributed by atoms with Gasteiger partial charge in [-0.05, 0) is 29.7 Å². The van der Waals surface area contributed by atoms with Gasteiger partial charge in [0.05, 0.1) is 23.8 Å². The summed E-state index contributed by atoms with van der Waals surface area (Å²) in [5.74, 6) is 0.0403. The van der Waals surface area contributed by atoms with Gasteiger partial charge in [-0.1, -0.05) is 20.8 Å². The number of nitrogens with zero attached hydrogens (tertiary/aromatic N) is 3. The van der Waals surface area contributed by atoms with Gasteiger partial charge in [0.15, 0.2) is 0 Å². The minimum Gasteiger partial charge on any atom is -0.278 e. The Hall–Kier alpha value is -2.23. The fourth-order valence-electron chi connectivity index (χ4n) is 1.94. The van der Waals surface area contributed by atoms with E-state index in [1.807, 2.05) is 24.3 Å². The predicted molar refractivity (Wildman–Crippen MR) is 79.7 cm³/mol. The van der Waals surface area contributed by atoms with E-state index in [2.05, 4.69) is 30.7 Å². The van der Waals surface area contributed by atoms with Crippen LogP contribution in [-0.2, 0) is 4.79 Å². The molecule has 0 saturated heterocycles. The lowest BCUT2D eigenvalue weighted by Gasteiger charge is -2.26. The van der Waals surface area contributed by atoms with Gasteiger partial charge >= 0.3 is 0 Å². The number of anilines is 2. The Morgan fingerprint density at radius 2 is 1.55 bits per heavy atom. The molecule has 0 N–H and O–H groups in total. The Morgan fingerprint density at radius 1 is 1.05 bits per heavy atom. The van der Waals surface area contributed by atoms with Crippen molar-refractivity contribution in [2.45, 2.75) is 27.2 Å². The smallest absolute Gasteiger partial charge is 0.232 e. The summed E-state index contributed by atoms with van der Waals surface area (Å²) in [6, 6.07) is 7.40. The van der Waals surface area contributed by atoms with E-state index in [0.717, 1.165) is 11.4 Å². The zero-order chi connectivity index (χ0) is 14.6. The van der Waals surface area contributed by atoms with Crippen LogP contribution < -0.4 is 4.90 Å². The molecule has 0 bridgehead atoms. The van der Waals surface area contributed by atoms with Gasteiger partial charge in [0.1, 0.15) is 0 Å². The van der Waals surface area contributed by atoms with Gasteiger partial charge in [0, 0.05) is 18.8 Å². The third-order valence-corrected chi connectivity index (χ3v) is 2.74. The number of amides is 1. The first-order valence-corrected chi connectivity index (χ1v) is 6.60. The van der Waals surface area contributed by atoms with E-state index in [1.165, 1.54) is 0 Å². The fraction of sp³-hybridized carbons (Fsp3) is 0.312. The maximum Gasteiger partial charge on any atom is 0.232 e. The Kier molecular flexibility index (Phi) is 4.13. The van der Waals surface area contributed by atoms with Crippen molar-refractivity contribution in [3.05, 3.63) is 49.1 Å². The first-order chi connectivity index (χ1) is 9.47. The average Bonchev–Trinajstić information content (AvgIpc) is 2.39. The monoisotopic (exact) mass is 269 g/mol. The summed E-state index contributed by atoms with van der Waals surface area (Å²) in [5, 5.41) is 0. The van der Waals surface area contributed by atoms with Crippen LogP contribution in [0.2, 0.25) is 0 Å². The summed E-state index contributed by atoms with van der Waals surface area (Å²) in [6.45, 7) is 6.15. The number of hydrogen-bond donors (Lipinski definition) is 0. The van der Waals surface area contributed by atoms with Crippen LogP contribution in [0, 0.1) is 5.41 Å². The van der Waals surface area contributed by atoms with Gasteiger partial charge in [0.2, 0.25) is 5.91 Å². The second kappa shape index (κ2) is 5.82. The van der Waals surface area contributed by atoms with Gasteiger partial charge in [0.25, 0.3) is 0 Å². The number of rotatable bonds is 3. The van der Waals surface area contributed by atoms with Crippen molar-refractivity contribution in [1.82, 2.24) is 9.97 Å². The molecule has 104 valence electrons. The Balaban J connectivity index is 2.38. The minimum absolute atomic E-state index is 0.0403. The molecule has 0 aliphatic carbocycles. The number of pyridine rings is 2. The first kappa shape index (κ1) is 14.2. The highest BCUT2D eigenvalue weighted by atomic mass is 16.2. The lowest BCUT2D eigenvalue weighted by atomic mass is 9.91. The van der Waals surface area contributed by atoms with E-state index in [9.17, 15) is 4.79 Å². The lowest BCUT2D eigenvalue weighted by Crippen LogP contribution is -2.29. The van der Waals surface area contributed by atoms with Crippen molar-refractivity contribution >= 4 is 17.3 Å². The summed E-state index contributed by atoms with van der Waals surface area (Å²) in [6.07, 6.45) is 7.22. The van der Waals surface area contributed by atoms with Crippen molar-refractivity contribution in [2.24, 2.45) is 5.41 Å². The molecule has 0 saturated carbocycles. The van der Waals surface area contributed by atoms with Crippen molar-refractivity contribution in [3.63, 3.8) is 0 Å². The second-order valence-electron chi connectivity index (χ2n) is 5.89. The van der Waals surface area contributed by atoms with Crippen molar-refractivity contribution in [2.75, 3.05) is 4.90 Å². The van der Waals surface area contributed by atoms with Crippen LogP contribution in [0.4, 0.5) is 11.4 Å². The molecule has 2 rings (SSSR count). The van der Waals surface area contributed by atoms with E-state index < -0.39 is 0 Å². The van der Waals surface area contributed by atoms with Gasteiger partial charge in [-0.15, -0.1) is 0 Å². The van der Waals surface area contributed by atoms with E-state index in [-0.39, 0.29) is 11.3 Å². The Bertz CT molecular complexity index is 522. The van der Waals surface area contributed by atoms with Gasteiger partial charge in [-0.3, -0.25) is 19.7 Å². The molecular weight excluding hydrogens is 250 g/mol. The molecule has 20 heavy (non-hydrogen) atoms. The SMILES string of the molecule is CC(C)(C)CC(=O)N(c1cccnc1)c1cccnc1. The van der Waals surface area contributed by atoms with Crippen LogP contribution in [0.25, 0.3) is 0 Å². The normalized spacial score (nSPS) is 11.2. The minimum atomic E-state index is -0.0697. The molecular formula is C16H19N3O. The summed E-state index contributed by atoms with van der Waals surface area (Å²) in [5.41, 5.74) is 1.45. The molecule has 2 aromatic heterocycles. The van der Waals surface area contributed by atoms with Crippen molar-refractivity contribution < 1.29 is 4.79 Å².